The van der Waals surface area contributed by atoms with Crippen molar-refractivity contribution in [3.05, 3.63) is 83.6 Å². The van der Waals surface area contributed by atoms with Gasteiger partial charge in [-0.05, 0) is 85.7 Å². The zero-order chi connectivity index (χ0) is 23.4. The molecule has 4 nitrogen and oxygen atoms in total. The third-order valence-electron chi connectivity index (χ3n) is 9.48. The summed E-state index contributed by atoms with van der Waals surface area (Å²) in [4.78, 5) is 13.9. The quantitative estimate of drug-likeness (QED) is 0.398. The summed E-state index contributed by atoms with van der Waals surface area (Å²) in [5.74, 6) is 3.83. The number of carbonyl (C=O) groups excluding carboxylic acids is 1. The Kier molecular flexibility index (Phi) is 5.11. The minimum absolute atomic E-state index is 0.181. The first-order chi connectivity index (χ1) is 17.1. The Bertz CT molecular complexity index is 1180. The normalized spacial score (nSPS) is 32.7. The van der Waals surface area contributed by atoms with E-state index < -0.39 is 0 Å². The third kappa shape index (κ3) is 3.91. The lowest BCUT2D eigenvalue weighted by atomic mass is 9.48. The number of nitrogens with zero attached hydrogens (tertiary/aromatic N) is 2. The molecule has 1 N–H and O–H groups in total. The van der Waals surface area contributed by atoms with Crippen molar-refractivity contribution in [2.75, 3.05) is 5.32 Å². The zero-order valence-electron chi connectivity index (χ0n) is 20.4. The second kappa shape index (κ2) is 8.36. The van der Waals surface area contributed by atoms with Crippen molar-refractivity contribution in [3.8, 4) is 0 Å². The molecule has 4 bridgehead atoms. The van der Waals surface area contributed by atoms with Gasteiger partial charge >= 0.3 is 0 Å². The van der Waals surface area contributed by atoms with Gasteiger partial charge in [0.15, 0.2) is 5.78 Å². The topological polar surface area (TPSA) is 46.9 Å². The van der Waals surface area contributed by atoms with E-state index in [1.54, 1.807) is 0 Å². The van der Waals surface area contributed by atoms with Crippen molar-refractivity contribution >= 4 is 11.6 Å². The molecule has 35 heavy (non-hydrogen) atoms. The number of ketones is 1. The molecular formula is C31H35N3O. The van der Waals surface area contributed by atoms with Gasteiger partial charge in [-0.25, -0.2) is 4.68 Å². The molecule has 0 spiro atoms. The Labute approximate surface area is 208 Å². The first-order valence-corrected chi connectivity index (χ1v) is 13.6. The van der Waals surface area contributed by atoms with Gasteiger partial charge in [0, 0.05) is 6.42 Å². The maximum Gasteiger partial charge on any atom is 0.168 e. The summed E-state index contributed by atoms with van der Waals surface area (Å²) >= 11 is 0. The van der Waals surface area contributed by atoms with Crippen molar-refractivity contribution in [1.29, 1.82) is 0 Å². The van der Waals surface area contributed by atoms with Crippen LogP contribution in [0.1, 0.15) is 84.9 Å². The van der Waals surface area contributed by atoms with Gasteiger partial charge in [-0.15, -0.1) is 0 Å². The van der Waals surface area contributed by atoms with Gasteiger partial charge in [0.1, 0.15) is 5.82 Å². The van der Waals surface area contributed by atoms with E-state index in [1.807, 2.05) is 6.20 Å². The molecule has 1 aliphatic heterocycles. The summed E-state index contributed by atoms with van der Waals surface area (Å²) in [6.07, 6.45) is 12.5. The van der Waals surface area contributed by atoms with E-state index in [0.29, 0.717) is 12.2 Å². The molecule has 2 heterocycles. The Morgan fingerprint density at radius 3 is 2.17 bits per heavy atom. The van der Waals surface area contributed by atoms with Gasteiger partial charge in [0.25, 0.3) is 0 Å². The van der Waals surface area contributed by atoms with Crippen molar-refractivity contribution in [3.63, 3.8) is 0 Å². The van der Waals surface area contributed by atoms with Gasteiger partial charge in [-0.3, -0.25) is 4.79 Å². The van der Waals surface area contributed by atoms with Crippen LogP contribution in [-0.2, 0) is 6.42 Å². The number of benzene rings is 2. The van der Waals surface area contributed by atoms with E-state index in [0.717, 1.165) is 42.0 Å². The van der Waals surface area contributed by atoms with E-state index >= 15 is 0 Å². The summed E-state index contributed by atoms with van der Waals surface area (Å²) in [5, 5.41) is 8.56. The fraction of sp³-hybridized carbons (Fsp3) is 0.484. The standard InChI is InChI=1S/C31H35N3O/c35-29(19-31-16-22-11-23(17-31)13-24(12-22)18-31)27-20-32-34-26(14-21-7-3-1-4-8-21)15-28(33-30(27)34)25-9-5-2-6-10-25/h1-10,20,22-24,26,28,33H,11-19H2/t22?,23?,24?,26-,28-,31?/m1/s1. The van der Waals surface area contributed by atoms with Gasteiger partial charge in [0.05, 0.1) is 23.8 Å². The molecule has 0 amide bonds. The molecule has 180 valence electrons. The second-order valence-electron chi connectivity index (χ2n) is 12.1. The van der Waals surface area contributed by atoms with Crippen LogP contribution in [0.2, 0.25) is 0 Å². The highest BCUT2D eigenvalue weighted by molar-refractivity contribution is 6.01. The largest absolute Gasteiger partial charge is 0.363 e. The van der Waals surface area contributed by atoms with Crippen molar-refractivity contribution < 1.29 is 4.79 Å². The number of aromatic nitrogens is 2. The minimum atomic E-state index is 0.181. The first-order valence-electron chi connectivity index (χ1n) is 13.6. The van der Waals surface area contributed by atoms with Crippen molar-refractivity contribution in [2.24, 2.45) is 23.2 Å². The van der Waals surface area contributed by atoms with Gasteiger partial charge in [-0.2, -0.15) is 5.10 Å². The monoisotopic (exact) mass is 465 g/mol. The van der Waals surface area contributed by atoms with E-state index in [9.17, 15) is 4.79 Å². The maximum absolute atomic E-state index is 13.9. The van der Waals surface area contributed by atoms with Crippen LogP contribution in [0.15, 0.2) is 66.9 Å². The van der Waals surface area contributed by atoms with Crippen LogP contribution in [0.25, 0.3) is 0 Å². The molecule has 2 atom stereocenters. The lowest BCUT2D eigenvalue weighted by Gasteiger charge is -2.56. The lowest BCUT2D eigenvalue weighted by Crippen LogP contribution is -2.46. The molecule has 0 saturated heterocycles. The average Bonchev–Trinajstić information content (AvgIpc) is 3.29. The Balaban J connectivity index is 1.19. The highest BCUT2D eigenvalue weighted by Crippen LogP contribution is 2.61. The fourth-order valence-corrected chi connectivity index (χ4v) is 8.49. The summed E-state index contributed by atoms with van der Waals surface area (Å²) in [7, 11) is 0. The van der Waals surface area contributed by atoms with Crippen LogP contribution in [-0.4, -0.2) is 15.6 Å². The van der Waals surface area contributed by atoms with E-state index in [-0.39, 0.29) is 17.5 Å². The second-order valence-corrected chi connectivity index (χ2v) is 12.1. The van der Waals surface area contributed by atoms with E-state index in [4.69, 9.17) is 5.10 Å². The molecule has 3 aromatic rings. The summed E-state index contributed by atoms with van der Waals surface area (Å²) < 4.78 is 2.11. The number of nitrogens with one attached hydrogen (secondary N) is 1. The van der Waals surface area contributed by atoms with Crippen LogP contribution < -0.4 is 5.32 Å². The molecule has 4 saturated carbocycles. The fourth-order valence-electron chi connectivity index (χ4n) is 8.49. The van der Waals surface area contributed by atoms with E-state index in [2.05, 4.69) is 70.7 Å². The lowest BCUT2D eigenvalue weighted by molar-refractivity contribution is -0.0524. The summed E-state index contributed by atoms with van der Waals surface area (Å²) in [5.41, 5.74) is 3.64. The van der Waals surface area contributed by atoms with Gasteiger partial charge in [-0.1, -0.05) is 60.7 Å². The predicted molar refractivity (Wildman–Crippen MR) is 138 cm³/mol. The molecule has 4 aliphatic carbocycles. The zero-order valence-corrected chi connectivity index (χ0v) is 20.4. The maximum atomic E-state index is 13.9. The van der Waals surface area contributed by atoms with Crippen LogP contribution in [0.3, 0.4) is 0 Å². The number of hydrogen-bond acceptors (Lipinski definition) is 3. The Hall–Kier alpha value is -2.88. The van der Waals surface area contributed by atoms with Crippen molar-refractivity contribution in [2.45, 2.75) is 69.9 Å². The SMILES string of the molecule is O=C(CC12CC3CC(CC(C3)C1)C2)c1cnn2c1N[C@@H](c1ccccc1)C[C@H]2Cc1ccccc1. The number of hydrogen-bond donors (Lipinski definition) is 1. The summed E-state index contributed by atoms with van der Waals surface area (Å²) in [6.45, 7) is 0. The van der Waals surface area contributed by atoms with Crippen LogP contribution >= 0.6 is 0 Å². The number of carbonyl (C=O) groups is 1. The van der Waals surface area contributed by atoms with Crippen molar-refractivity contribution in [1.82, 2.24) is 9.78 Å². The Morgan fingerprint density at radius 2 is 1.51 bits per heavy atom. The predicted octanol–water partition coefficient (Wildman–Crippen LogP) is 7.01. The molecule has 0 unspecified atom stereocenters. The number of Topliss-reactive ketones (excluding diaryl/α,β-unsaturated/α-hetero) is 1. The van der Waals surface area contributed by atoms with E-state index in [1.165, 1.54) is 49.7 Å². The number of anilines is 1. The molecular weight excluding hydrogens is 430 g/mol. The Morgan fingerprint density at radius 1 is 0.886 bits per heavy atom. The third-order valence-corrected chi connectivity index (χ3v) is 9.48. The highest BCUT2D eigenvalue weighted by Gasteiger charge is 2.51. The molecule has 2 aromatic carbocycles. The molecule has 5 aliphatic rings. The number of rotatable bonds is 6. The van der Waals surface area contributed by atoms with Crippen LogP contribution in [0.4, 0.5) is 5.82 Å². The van der Waals surface area contributed by atoms with Gasteiger partial charge in [0.2, 0.25) is 0 Å². The highest BCUT2D eigenvalue weighted by atomic mass is 16.1. The first kappa shape index (κ1) is 21.4. The van der Waals surface area contributed by atoms with Crippen LogP contribution in [0, 0.1) is 23.2 Å². The van der Waals surface area contributed by atoms with Crippen LogP contribution in [0.5, 0.6) is 0 Å². The average molecular weight is 466 g/mol. The number of fused-ring (bicyclic) bond motifs is 1. The molecule has 0 radical (unpaired) electrons. The molecule has 4 fully saturated rings. The smallest absolute Gasteiger partial charge is 0.168 e. The summed E-state index contributed by atoms with van der Waals surface area (Å²) in [6, 6.07) is 21.7. The molecule has 1 aromatic heterocycles. The van der Waals surface area contributed by atoms with Gasteiger partial charge < -0.3 is 5.32 Å². The molecule has 4 heteroatoms. The minimum Gasteiger partial charge on any atom is -0.363 e. The molecule has 8 rings (SSSR count).